The third kappa shape index (κ3) is 4.74. The van der Waals surface area contributed by atoms with Gasteiger partial charge in [0.15, 0.2) is 5.78 Å². The number of imide groups is 1. The molecule has 26 heavy (non-hydrogen) atoms. The van der Waals surface area contributed by atoms with Crippen molar-refractivity contribution in [1.82, 2.24) is 5.32 Å². The fourth-order valence-electron chi connectivity index (χ4n) is 3.23. The lowest BCUT2D eigenvalue weighted by atomic mass is 9.80. The Balaban J connectivity index is 1.48. The van der Waals surface area contributed by atoms with Crippen molar-refractivity contribution in [2.24, 2.45) is 11.8 Å². The Bertz CT molecular complexity index is 720. The van der Waals surface area contributed by atoms with E-state index in [4.69, 9.17) is 9.84 Å². The number of Topliss-reactive ketones (excluding diaryl/α,β-unsaturated/α-hetero) is 1. The van der Waals surface area contributed by atoms with Crippen LogP contribution >= 0.6 is 11.8 Å². The lowest BCUT2D eigenvalue weighted by Crippen LogP contribution is -2.26. The van der Waals surface area contributed by atoms with E-state index in [1.807, 2.05) is 24.3 Å². The molecule has 138 valence electrons. The number of ketones is 1. The Morgan fingerprint density at radius 2 is 1.88 bits per heavy atom. The molecule has 0 atom stereocenters. The summed E-state index contributed by atoms with van der Waals surface area (Å²) in [4.78, 5) is 34.6. The number of carbonyl (C=O) groups is 3. The molecule has 3 rings (SSSR count). The summed E-state index contributed by atoms with van der Waals surface area (Å²) in [6.45, 7) is 0.246. The van der Waals surface area contributed by atoms with Gasteiger partial charge in [0.2, 0.25) is 0 Å². The number of thioether (sulfide) groups is 1. The van der Waals surface area contributed by atoms with Crippen LogP contribution in [0.1, 0.15) is 31.2 Å². The van der Waals surface area contributed by atoms with Crippen LogP contribution in [0.25, 0.3) is 6.08 Å². The number of carbonyl (C=O) groups excluding carboxylic acids is 3. The molecule has 1 saturated carbocycles. The number of aliphatic hydroxyl groups is 1. The summed E-state index contributed by atoms with van der Waals surface area (Å²) in [6.07, 6.45) is 5.17. The number of hydrogen-bond donors (Lipinski definition) is 2. The van der Waals surface area contributed by atoms with Gasteiger partial charge in [0.1, 0.15) is 12.4 Å². The summed E-state index contributed by atoms with van der Waals surface area (Å²) >= 11 is 0.896. The molecule has 6 nitrogen and oxygen atoms in total. The molecule has 1 aliphatic carbocycles. The average molecular weight is 375 g/mol. The predicted molar refractivity (Wildman–Crippen MR) is 98.6 cm³/mol. The smallest absolute Gasteiger partial charge is 0.290 e. The van der Waals surface area contributed by atoms with Crippen molar-refractivity contribution in [2.45, 2.75) is 25.7 Å². The summed E-state index contributed by atoms with van der Waals surface area (Å²) in [5.74, 6) is 0.756. The Labute approximate surface area is 156 Å². The maximum atomic E-state index is 11.5. The first kappa shape index (κ1) is 18.7. The van der Waals surface area contributed by atoms with Gasteiger partial charge in [-0.15, -0.1) is 0 Å². The summed E-state index contributed by atoms with van der Waals surface area (Å²) < 4.78 is 5.84. The van der Waals surface area contributed by atoms with Crippen LogP contribution in [0.4, 0.5) is 4.79 Å². The van der Waals surface area contributed by atoms with E-state index in [9.17, 15) is 14.4 Å². The van der Waals surface area contributed by atoms with Crippen molar-refractivity contribution < 1.29 is 24.2 Å². The van der Waals surface area contributed by atoms with Crippen LogP contribution in [0.15, 0.2) is 29.2 Å². The molecule has 0 spiro atoms. The van der Waals surface area contributed by atoms with Crippen LogP contribution in [-0.4, -0.2) is 35.2 Å². The molecule has 1 saturated heterocycles. The second-order valence-corrected chi connectivity index (χ2v) is 7.59. The Hall–Kier alpha value is -2.12. The summed E-state index contributed by atoms with van der Waals surface area (Å²) in [5, 5.41) is 10.8. The number of hydrogen-bond acceptors (Lipinski definition) is 6. The normalized spacial score (nSPS) is 24.6. The molecule has 0 aromatic heterocycles. The van der Waals surface area contributed by atoms with Gasteiger partial charge in [-0.1, -0.05) is 12.1 Å². The van der Waals surface area contributed by atoms with E-state index in [0.29, 0.717) is 17.4 Å². The van der Waals surface area contributed by atoms with Crippen molar-refractivity contribution in [3.8, 4) is 5.75 Å². The predicted octanol–water partition coefficient (Wildman–Crippen LogP) is 2.76. The van der Waals surface area contributed by atoms with Crippen LogP contribution in [0.3, 0.4) is 0 Å². The standard InChI is InChI=1S/C19H21NO5S/c21-10-16(22)14-5-1-13(2-6-14)11-25-15-7-3-12(4-8-15)9-17-18(23)20-19(24)26-17/h3-4,7-9,13-14,21H,1-2,5-6,10-11H2,(H,20,23,24)/b17-9-. The topological polar surface area (TPSA) is 92.7 Å². The quantitative estimate of drug-likeness (QED) is 0.743. The van der Waals surface area contributed by atoms with Gasteiger partial charge in [0.05, 0.1) is 11.5 Å². The van der Waals surface area contributed by atoms with Gasteiger partial charge >= 0.3 is 0 Å². The minimum Gasteiger partial charge on any atom is -0.493 e. The highest BCUT2D eigenvalue weighted by Crippen LogP contribution is 2.30. The summed E-state index contributed by atoms with van der Waals surface area (Å²) in [7, 11) is 0. The molecular weight excluding hydrogens is 354 g/mol. The Morgan fingerprint density at radius 1 is 1.19 bits per heavy atom. The minimum absolute atomic E-state index is 0.00103. The van der Waals surface area contributed by atoms with Gasteiger partial charge in [-0.3, -0.25) is 19.7 Å². The van der Waals surface area contributed by atoms with E-state index in [2.05, 4.69) is 5.32 Å². The lowest BCUT2D eigenvalue weighted by Gasteiger charge is -2.27. The number of ether oxygens (including phenoxy) is 1. The molecule has 2 fully saturated rings. The molecule has 1 heterocycles. The number of amides is 2. The van der Waals surface area contributed by atoms with Crippen molar-refractivity contribution in [3.05, 3.63) is 34.7 Å². The molecule has 0 radical (unpaired) electrons. The fraction of sp³-hybridized carbons (Fsp3) is 0.421. The number of rotatable bonds is 6. The van der Waals surface area contributed by atoms with Crippen LogP contribution in [0.2, 0.25) is 0 Å². The first-order valence-corrected chi connectivity index (χ1v) is 9.48. The molecule has 1 aliphatic heterocycles. The van der Waals surface area contributed by atoms with Crippen LogP contribution in [0.5, 0.6) is 5.75 Å². The van der Waals surface area contributed by atoms with Gasteiger partial charge in [0.25, 0.3) is 11.1 Å². The second-order valence-electron chi connectivity index (χ2n) is 6.57. The minimum atomic E-state index is -0.365. The molecule has 0 bridgehead atoms. The van der Waals surface area contributed by atoms with Crippen molar-refractivity contribution in [1.29, 1.82) is 0 Å². The van der Waals surface area contributed by atoms with Crippen LogP contribution < -0.4 is 10.1 Å². The highest BCUT2D eigenvalue weighted by atomic mass is 32.2. The van der Waals surface area contributed by atoms with E-state index in [1.54, 1.807) is 6.08 Å². The summed E-state index contributed by atoms with van der Waals surface area (Å²) in [5.41, 5.74) is 0.827. The zero-order valence-electron chi connectivity index (χ0n) is 14.3. The fourth-order valence-corrected chi connectivity index (χ4v) is 3.91. The van der Waals surface area contributed by atoms with E-state index in [-0.39, 0.29) is 29.5 Å². The van der Waals surface area contributed by atoms with Crippen LogP contribution in [0, 0.1) is 11.8 Å². The Morgan fingerprint density at radius 3 is 2.46 bits per heavy atom. The molecule has 1 aromatic rings. The van der Waals surface area contributed by atoms with E-state index in [0.717, 1.165) is 48.8 Å². The Kier molecular flexibility index (Phi) is 6.11. The number of benzene rings is 1. The number of aliphatic hydroxyl groups excluding tert-OH is 1. The highest BCUT2D eigenvalue weighted by Gasteiger charge is 2.26. The first-order chi connectivity index (χ1) is 12.5. The SMILES string of the molecule is O=C1NC(=O)/C(=C/c2ccc(OCC3CCC(C(=O)CO)CC3)cc2)S1. The monoisotopic (exact) mass is 375 g/mol. The van der Waals surface area contributed by atoms with Crippen molar-refractivity contribution in [2.75, 3.05) is 13.2 Å². The molecular formula is C19H21NO5S. The molecule has 2 N–H and O–H groups in total. The van der Waals surface area contributed by atoms with Gasteiger partial charge in [0, 0.05) is 5.92 Å². The van der Waals surface area contributed by atoms with E-state index in [1.165, 1.54) is 0 Å². The van der Waals surface area contributed by atoms with Crippen molar-refractivity contribution >= 4 is 34.8 Å². The first-order valence-electron chi connectivity index (χ1n) is 8.66. The maximum Gasteiger partial charge on any atom is 0.290 e. The lowest BCUT2D eigenvalue weighted by molar-refractivity contribution is -0.127. The largest absolute Gasteiger partial charge is 0.493 e. The molecule has 7 heteroatoms. The molecule has 2 aliphatic rings. The average Bonchev–Trinajstić information content (AvgIpc) is 2.98. The van der Waals surface area contributed by atoms with E-state index < -0.39 is 0 Å². The van der Waals surface area contributed by atoms with Gasteiger partial charge in [-0.05, 0) is 67.1 Å². The van der Waals surface area contributed by atoms with Crippen LogP contribution in [-0.2, 0) is 9.59 Å². The van der Waals surface area contributed by atoms with Gasteiger partial charge in [-0.2, -0.15) is 0 Å². The second kappa shape index (κ2) is 8.51. The number of nitrogens with one attached hydrogen (secondary N) is 1. The highest BCUT2D eigenvalue weighted by molar-refractivity contribution is 8.18. The zero-order valence-corrected chi connectivity index (χ0v) is 15.1. The third-order valence-corrected chi connectivity index (χ3v) is 5.57. The maximum absolute atomic E-state index is 11.5. The molecule has 2 amide bonds. The molecule has 0 unspecified atom stereocenters. The zero-order chi connectivity index (χ0) is 18.5. The molecule has 1 aromatic carbocycles. The van der Waals surface area contributed by atoms with Crippen molar-refractivity contribution in [3.63, 3.8) is 0 Å². The summed E-state index contributed by atoms with van der Waals surface area (Å²) in [6, 6.07) is 7.37. The van der Waals surface area contributed by atoms with E-state index >= 15 is 0 Å². The van der Waals surface area contributed by atoms with Gasteiger partial charge < -0.3 is 9.84 Å². The third-order valence-electron chi connectivity index (χ3n) is 4.76. The van der Waals surface area contributed by atoms with Gasteiger partial charge in [-0.25, -0.2) is 0 Å².